The number of pyridine rings is 1. The van der Waals surface area contributed by atoms with Crippen molar-refractivity contribution in [2.75, 3.05) is 6.54 Å². The van der Waals surface area contributed by atoms with Crippen molar-refractivity contribution >= 4 is 5.91 Å². The molecule has 1 amide bonds. The average Bonchev–Trinajstić information content (AvgIpc) is 3.05. The number of nitrogens with zero attached hydrogens (tertiary/aromatic N) is 2. The molecule has 90 valence electrons. The van der Waals surface area contributed by atoms with E-state index in [4.69, 9.17) is 0 Å². The summed E-state index contributed by atoms with van der Waals surface area (Å²) in [5.74, 6) is 1.25. The lowest BCUT2D eigenvalue weighted by molar-refractivity contribution is -0.133. The van der Waals surface area contributed by atoms with Crippen LogP contribution in [-0.2, 0) is 17.8 Å². The smallest absolute Gasteiger partial charge is 0.226 e. The Morgan fingerprint density at radius 1 is 1.47 bits per heavy atom. The Balaban J connectivity index is 1.76. The van der Waals surface area contributed by atoms with Crippen molar-refractivity contribution < 1.29 is 4.79 Å². The molecule has 3 rings (SSSR count). The van der Waals surface area contributed by atoms with Gasteiger partial charge >= 0.3 is 0 Å². The quantitative estimate of drug-likeness (QED) is 0.738. The molecular formula is C14H18N2O. The number of rotatable bonds is 1. The first-order valence-corrected chi connectivity index (χ1v) is 6.39. The molecule has 3 heteroatoms. The molecule has 1 fully saturated rings. The second kappa shape index (κ2) is 3.83. The number of amides is 1. The predicted octanol–water partition coefficient (Wildman–Crippen LogP) is 1.93. The summed E-state index contributed by atoms with van der Waals surface area (Å²) in [6.45, 7) is 5.77. The fourth-order valence-corrected chi connectivity index (χ4v) is 2.61. The first-order valence-electron chi connectivity index (χ1n) is 6.39. The molecule has 0 spiro atoms. The Kier molecular flexibility index (Phi) is 2.42. The molecule has 1 saturated carbocycles. The van der Waals surface area contributed by atoms with Gasteiger partial charge in [0, 0.05) is 36.8 Å². The van der Waals surface area contributed by atoms with Gasteiger partial charge in [0.1, 0.15) is 0 Å². The lowest BCUT2D eigenvalue weighted by atomic mass is 10.0. The van der Waals surface area contributed by atoms with Gasteiger partial charge in [0.2, 0.25) is 5.91 Å². The Labute approximate surface area is 102 Å². The zero-order valence-electron chi connectivity index (χ0n) is 10.4. The van der Waals surface area contributed by atoms with Gasteiger partial charge in [-0.05, 0) is 30.9 Å². The van der Waals surface area contributed by atoms with Crippen molar-refractivity contribution in [1.29, 1.82) is 0 Å². The molecule has 3 nitrogen and oxygen atoms in total. The molecule has 2 atom stereocenters. The molecule has 1 aliphatic carbocycles. The van der Waals surface area contributed by atoms with E-state index in [2.05, 4.69) is 18.0 Å². The Morgan fingerprint density at radius 3 is 2.94 bits per heavy atom. The number of aromatic nitrogens is 1. The molecule has 2 heterocycles. The highest BCUT2D eigenvalue weighted by Gasteiger charge is 2.41. The van der Waals surface area contributed by atoms with Crippen LogP contribution in [-0.4, -0.2) is 22.3 Å². The number of aryl methyl sites for hydroxylation is 1. The lowest BCUT2D eigenvalue weighted by Gasteiger charge is -2.28. The highest BCUT2D eigenvalue weighted by atomic mass is 16.2. The summed E-state index contributed by atoms with van der Waals surface area (Å²) in [7, 11) is 0. The zero-order valence-corrected chi connectivity index (χ0v) is 10.4. The molecule has 1 aromatic heterocycles. The third-order valence-corrected chi connectivity index (χ3v) is 3.93. The van der Waals surface area contributed by atoms with E-state index in [0.717, 1.165) is 31.6 Å². The van der Waals surface area contributed by atoms with E-state index in [1.54, 1.807) is 0 Å². The SMILES string of the molecule is Cc1ccc2c(n1)CCN(C(=O)C1CC1C)C2. The van der Waals surface area contributed by atoms with Gasteiger partial charge in [0.05, 0.1) is 0 Å². The zero-order chi connectivity index (χ0) is 12.0. The molecule has 0 aromatic carbocycles. The van der Waals surface area contributed by atoms with E-state index in [-0.39, 0.29) is 0 Å². The largest absolute Gasteiger partial charge is 0.338 e. The van der Waals surface area contributed by atoms with Gasteiger partial charge in [-0.1, -0.05) is 13.0 Å². The van der Waals surface area contributed by atoms with Crippen LogP contribution in [0.1, 0.15) is 30.3 Å². The maximum absolute atomic E-state index is 12.2. The lowest BCUT2D eigenvalue weighted by Crippen LogP contribution is -2.37. The van der Waals surface area contributed by atoms with Gasteiger partial charge < -0.3 is 4.90 Å². The van der Waals surface area contributed by atoms with Gasteiger partial charge in [0.15, 0.2) is 0 Å². The van der Waals surface area contributed by atoms with Crippen LogP contribution in [0.25, 0.3) is 0 Å². The first kappa shape index (κ1) is 10.8. The van der Waals surface area contributed by atoms with E-state index in [1.807, 2.05) is 17.9 Å². The molecule has 0 bridgehead atoms. The van der Waals surface area contributed by atoms with Crippen LogP contribution < -0.4 is 0 Å². The van der Waals surface area contributed by atoms with Gasteiger partial charge in [-0.15, -0.1) is 0 Å². The molecule has 0 radical (unpaired) electrons. The van der Waals surface area contributed by atoms with Crippen LogP contribution in [0.5, 0.6) is 0 Å². The highest BCUT2D eigenvalue weighted by Crippen LogP contribution is 2.39. The summed E-state index contributed by atoms with van der Waals surface area (Å²) in [6, 6.07) is 4.15. The number of carbonyl (C=O) groups excluding carboxylic acids is 1. The molecule has 2 unspecified atom stereocenters. The third-order valence-electron chi connectivity index (χ3n) is 3.93. The Hall–Kier alpha value is -1.38. The number of carbonyl (C=O) groups is 1. The molecule has 1 aliphatic heterocycles. The summed E-state index contributed by atoms with van der Waals surface area (Å²) in [6.07, 6.45) is 1.98. The fraction of sp³-hybridized carbons (Fsp3) is 0.571. The van der Waals surface area contributed by atoms with Gasteiger partial charge in [0.25, 0.3) is 0 Å². The first-order chi connectivity index (χ1) is 8.15. The fourth-order valence-electron chi connectivity index (χ4n) is 2.61. The normalized spacial score (nSPS) is 26.6. The van der Waals surface area contributed by atoms with E-state index in [1.165, 1.54) is 11.3 Å². The average molecular weight is 230 g/mol. The maximum Gasteiger partial charge on any atom is 0.226 e. The monoisotopic (exact) mass is 230 g/mol. The summed E-state index contributed by atoms with van der Waals surface area (Å²) >= 11 is 0. The van der Waals surface area contributed by atoms with Crippen molar-refractivity contribution in [1.82, 2.24) is 9.88 Å². The highest BCUT2D eigenvalue weighted by molar-refractivity contribution is 5.81. The molecule has 1 aromatic rings. The van der Waals surface area contributed by atoms with E-state index >= 15 is 0 Å². The second-order valence-corrected chi connectivity index (χ2v) is 5.39. The van der Waals surface area contributed by atoms with Gasteiger partial charge in [-0.2, -0.15) is 0 Å². The maximum atomic E-state index is 12.2. The molecule has 17 heavy (non-hydrogen) atoms. The van der Waals surface area contributed by atoms with Gasteiger partial charge in [-0.3, -0.25) is 9.78 Å². The van der Waals surface area contributed by atoms with Crippen molar-refractivity contribution in [3.63, 3.8) is 0 Å². The topological polar surface area (TPSA) is 33.2 Å². The van der Waals surface area contributed by atoms with Crippen LogP contribution in [0.15, 0.2) is 12.1 Å². The minimum atomic E-state index is 0.301. The standard InChI is InChI=1S/C14H18N2O/c1-9-7-12(9)14(17)16-6-5-13-11(8-16)4-3-10(2)15-13/h3-4,9,12H,5-8H2,1-2H3. The van der Waals surface area contributed by atoms with Crippen LogP contribution in [0.3, 0.4) is 0 Å². The van der Waals surface area contributed by atoms with E-state index in [9.17, 15) is 4.79 Å². The Bertz CT molecular complexity index is 469. The van der Waals surface area contributed by atoms with Crippen LogP contribution in [0.2, 0.25) is 0 Å². The number of fused-ring (bicyclic) bond motifs is 1. The van der Waals surface area contributed by atoms with Crippen molar-refractivity contribution in [2.24, 2.45) is 11.8 Å². The summed E-state index contributed by atoms with van der Waals surface area (Å²) in [5.41, 5.74) is 3.47. The van der Waals surface area contributed by atoms with Crippen molar-refractivity contribution in [3.8, 4) is 0 Å². The minimum absolute atomic E-state index is 0.301. The third kappa shape index (κ3) is 1.94. The van der Waals surface area contributed by atoms with Crippen molar-refractivity contribution in [3.05, 3.63) is 29.1 Å². The van der Waals surface area contributed by atoms with E-state index in [0.29, 0.717) is 17.7 Å². The summed E-state index contributed by atoms with van der Waals surface area (Å²) < 4.78 is 0. The van der Waals surface area contributed by atoms with Crippen LogP contribution in [0, 0.1) is 18.8 Å². The van der Waals surface area contributed by atoms with E-state index < -0.39 is 0 Å². The second-order valence-electron chi connectivity index (χ2n) is 5.39. The van der Waals surface area contributed by atoms with Crippen LogP contribution in [0.4, 0.5) is 0 Å². The molecule has 0 N–H and O–H groups in total. The van der Waals surface area contributed by atoms with Crippen LogP contribution >= 0.6 is 0 Å². The Morgan fingerprint density at radius 2 is 2.24 bits per heavy atom. The predicted molar refractivity (Wildman–Crippen MR) is 65.4 cm³/mol. The van der Waals surface area contributed by atoms with Crippen molar-refractivity contribution in [2.45, 2.75) is 33.2 Å². The summed E-state index contributed by atoms with van der Waals surface area (Å²) in [5, 5.41) is 0. The van der Waals surface area contributed by atoms with Gasteiger partial charge in [-0.25, -0.2) is 0 Å². The minimum Gasteiger partial charge on any atom is -0.338 e. The number of hydrogen-bond donors (Lipinski definition) is 0. The molecular weight excluding hydrogens is 212 g/mol. The molecule has 0 saturated heterocycles. The molecule has 2 aliphatic rings. The number of hydrogen-bond acceptors (Lipinski definition) is 2. The summed E-state index contributed by atoms with van der Waals surface area (Å²) in [4.78, 5) is 18.7.